The zero-order valence-electron chi connectivity index (χ0n) is 51.9. The second-order valence-corrected chi connectivity index (χ2v) is 52.7. The molecule has 0 heterocycles. The van der Waals surface area contributed by atoms with Crippen LogP contribution in [0.15, 0.2) is 0 Å². The topological polar surface area (TPSA) is 83.1 Å². The molecule has 10 atom stereocenters. The van der Waals surface area contributed by atoms with Gasteiger partial charge in [0.15, 0.2) is 0 Å². The van der Waals surface area contributed by atoms with Crippen LogP contribution in [0.1, 0.15) is 244 Å². The molecule has 0 N–H and O–H groups in total. The third-order valence-corrected chi connectivity index (χ3v) is 59.6. The Hall–Kier alpha value is 4.49. The molecule has 7 fully saturated rings. The maximum absolute atomic E-state index is 7.02. The summed E-state index contributed by atoms with van der Waals surface area (Å²) in [5.74, 6) is 2.11. The molecular formula is C57H108O9S12Si3. The summed E-state index contributed by atoms with van der Waals surface area (Å²) >= 11 is 0. The van der Waals surface area contributed by atoms with E-state index in [4.69, 9.17) is 39.8 Å². The molecule has 0 aromatic rings. The van der Waals surface area contributed by atoms with Crippen molar-refractivity contribution in [2.24, 2.45) is 34.0 Å². The van der Waals surface area contributed by atoms with Gasteiger partial charge in [-0.05, 0) is 264 Å². The van der Waals surface area contributed by atoms with E-state index in [9.17, 15) is 0 Å². The second kappa shape index (κ2) is 34.1. The van der Waals surface area contributed by atoms with Gasteiger partial charge in [-0.2, -0.15) is 0 Å². The van der Waals surface area contributed by atoms with Crippen LogP contribution >= 0.6 is 124 Å². The van der Waals surface area contributed by atoms with E-state index in [1.54, 1.807) is 0 Å². The Morgan fingerprint density at radius 2 is 0.593 bits per heavy atom. The molecule has 0 aliphatic heterocycles. The molecule has 0 amide bonds. The molecule has 0 radical (unpaired) electrons. The van der Waals surface area contributed by atoms with Gasteiger partial charge in [0.25, 0.3) is 0 Å². The number of hydrogen-bond acceptors (Lipinski definition) is 21. The first kappa shape index (κ1) is 72.9. The van der Waals surface area contributed by atoms with Crippen LogP contribution in [0.4, 0.5) is 0 Å². The second-order valence-electron chi connectivity index (χ2n) is 24.0. The Morgan fingerprint density at radius 1 is 0.309 bits per heavy atom. The first-order valence-electron chi connectivity index (χ1n) is 32.1. The molecule has 7 aliphatic rings. The molecule has 7 aliphatic carbocycles. The Labute approximate surface area is 543 Å². The van der Waals surface area contributed by atoms with Crippen molar-refractivity contribution < 1.29 is 39.8 Å². The van der Waals surface area contributed by atoms with Crippen molar-refractivity contribution in [2.75, 3.05) is 59.5 Å². The van der Waals surface area contributed by atoms with Gasteiger partial charge < -0.3 is 39.8 Å². The highest BCUT2D eigenvalue weighted by Gasteiger charge is 2.78. The van der Waals surface area contributed by atoms with Crippen molar-refractivity contribution in [2.45, 2.75) is 266 Å². The van der Waals surface area contributed by atoms with Gasteiger partial charge in [0.05, 0.1) is 4.08 Å². The van der Waals surface area contributed by atoms with Crippen LogP contribution in [0.25, 0.3) is 0 Å². The van der Waals surface area contributed by atoms with Gasteiger partial charge in [-0.25, -0.2) is 0 Å². The Balaban J connectivity index is 1.24. The summed E-state index contributed by atoms with van der Waals surface area (Å²) in [6, 6.07) is 0. The van der Waals surface area contributed by atoms with E-state index < -0.39 is 26.4 Å². The van der Waals surface area contributed by atoms with E-state index in [1.165, 1.54) is 122 Å². The molecule has 7 saturated carbocycles. The molecule has 474 valence electrons. The molecular weight excluding hydrogens is 1300 g/mol. The highest BCUT2D eigenvalue weighted by atomic mass is 33.7. The van der Waals surface area contributed by atoms with Crippen LogP contribution < -0.4 is 0 Å². The zero-order chi connectivity index (χ0) is 58.2. The lowest BCUT2D eigenvalue weighted by molar-refractivity contribution is 0.0347. The van der Waals surface area contributed by atoms with E-state index in [0.717, 1.165) is 38.5 Å². The highest BCUT2D eigenvalue weighted by Crippen LogP contribution is 2.78. The van der Waals surface area contributed by atoms with Gasteiger partial charge >= 0.3 is 26.4 Å². The van der Waals surface area contributed by atoms with Gasteiger partial charge in [0.1, 0.15) is 13.1 Å². The summed E-state index contributed by atoms with van der Waals surface area (Å²) in [6.07, 6.45) is 31.2. The van der Waals surface area contributed by atoms with Crippen LogP contribution in [0.5, 0.6) is 0 Å². The molecule has 0 saturated heterocycles. The normalized spacial score (nSPS) is 35.6. The zero-order valence-corrected chi connectivity index (χ0v) is 64.7. The molecule has 24 heteroatoms. The first-order chi connectivity index (χ1) is 39.3. The van der Waals surface area contributed by atoms with E-state index in [0.29, 0.717) is 82.5 Å². The molecule has 81 heavy (non-hydrogen) atoms. The average Bonchev–Trinajstić information content (AvgIpc) is 2.64. The van der Waals surface area contributed by atoms with Crippen LogP contribution in [0.3, 0.4) is 0 Å². The number of fused-ring (bicyclic) bond motifs is 6. The minimum Gasteiger partial charge on any atom is -0.373 e. The predicted octanol–water partition coefficient (Wildman–Crippen LogP) is 21.8. The van der Waals surface area contributed by atoms with Crippen molar-refractivity contribution in [3.63, 3.8) is 0 Å². The monoisotopic (exact) mass is 1400 g/mol. The van der Waals surface area contributed by atoms with Crippen LogP contribution in [-0.4, -0.2) is 108 Å². The maximum atomic E-state index is 7.02. The summed E-state index contributed by atoms with van der Waals surface area (Å²) < 4.78 is 62.5. The van der Waals surface area contributed by atoms with Gasteiger partial charge in [0.2, 0.25) is 0 Å². The average molecular weight is 1410 g/mol. The first-order valence-corrected chi connectivity index (χ1v) is 51.8. The lowest BCUT2D eigenvalue weighted by Crippen LogP contribution is -2.68. The van der Waals surface area contributed by atoms with Crippen LogP contribution in [-0.2, 0) is 39.8 Å². The fraction of sp³-hybridized carbons (Fsp3) is 1.00. The molecule has 0 aromatic heterocycles. The van der Waals surface area contributed by atoms with E-state index in [2.05, 4.69) is 177 Å². The predicted molar refractivity (Wildman–Crippen MR) is 378 cm³/mol. The third kappa shape index (κ3) is 14.7. The highest BCUT2D eigenvalue weighted by molar-refractivity contribution is 9.30. The van der Waals surface area contributed by atoms with E-state index in [1.807, 2.05) is 29.5 Å². The summed E-state index contributed by atoms with van der Waals surface area (Å²) in [5, 5.41) is 0.411. The summed E-state index contributed by atoms with van der Waals surface area (Å²) in [5.41, 5.74) is 0.450. The van der Waals surface area contributed by atoms with Crippen LogP contribution in [0.2, 0.25) is 0 Å². The lowest BCUT2D eigenvalue weighted by Gasteiger charge is -2.52. The van der Waals surface area contributed by atoms with Crippen molar-refractivity contribution in [1.29, 1.82) is 0 Å². The third-order valence-electron chi connectivity index (χ3n) is 20.3. The Bertz CT molecular complexity index is 1750. The van der Waals surface area contributed by atoms with Crippen molar-refractivity contribution >= 4 is 150 Å². The smallest absolute Gasteiger partial charge is 0.373 e. The van der Waals surface area contributed by atoms with Crippen molar-refractivity contribution in [1.82, 2.24) is 0 Å². The molecule has 9 nitrogen and oxygen atoms in total. The van der Waals surface area contributed by atoms with Gasteiger partial charge in [0, 0.05) is 64.7 Å². The minimum absolute atomic E-state index is 0.0785. The minimum atomic E-state index is -3.16. The fourth-order valence-electron chi connectivity index (χ4n) is 16.9. The van der Waals surface area contributed by atoms with Crippen LogP contribution in [0, 0.1) is 34.0 Å². The van der Waals surface area contributed by atoms with Crippen molar-refractivity contribution in [3.05, 3.63) is 0 Å². The summed E-state index contributed by atoms with van der Waals surface area (Å²) in [4.78, 5) is 0. The van der Waals surface area contributed by atoms with Gasteiger partial charge in [-0.15, -0.1) is 0 Å². The van der Waals surface area contributed by atoms with Gasteiger partial charge in [-0.3, -0.25) is 0 Å². The van der Waals surface area contributed by atoms with Gasteiger partial charge in [-0.1, -0.05) is 137 Å². The van der Waals surface area contributed by atoms with E-state index in [-0.39, 0.29) is 33.4 Å². The quantitative estimate of drug-likeness (QED) is 0.0253. The summed E-state index contributed by atoms with van der Waals surface area (Å²) in [7, 11) is 15.8. The maximum Gasteiger partial charge on any atom is 0.519 e. The molecule has 0 aromatic carbocycles. The lowest BCUT2D eigenvalue weighted by atomic mass is 9.80. The largest absolute Gasteiger partial charge is 0.519 e. The SMILES string of the molecule is CCO[Si](OCC)(OCC)C1(SSSSC2CCCCCCCCCCC2(SSSSC2([Si](OCC)(OCC)OCC)CC3CCC2(CC)C3)SSSSC2([Si](OCC)(OCC)OCC)CC3CCC2(CC)C3)CC2CCC1(CC)C2. The fourth-order valence-corrected chi connectivity index (χ4v) is 63.9. The summed E-state index contributed by atoms with van der Waals surface area (Å²) in [6.45, 7) is 32.2. The molecule has 7 rings (SSSR count). The Kier molecular flexibility index (Phi) is 30.7. The number of hydrogen-bond donors (Lipinski definition) is 0. The van der Waals surface area contributed by atoms with E-state index >= 15 is 0 Å². The molecule has 0 spiro atoms. The molecule has 6 bridgehead atoms. The standard InChI is InChI=1S/C57H108O9S12Si3/c1-13-51-38-34-47(41-51)44-55(51,79(58-16-4,59-17-5)60-18-6)70-76-73-67-50-33-31-29-27-25-26-28-30-32-37-54(50,68-74-77-71-56(45-48-35-39-52(56,14-2)42-48)80(61-19-7,62-20-8)63-21-9)69-75-78-72-57(46-49-36-40-53(57,15-3)43-49)81(64-22-10,65-23-11)66-24-12/h47-50H,13-46H2,1-12H3. The number of rotatable bonds is 39. The molecule has 10 unspecified atom stereocenters. The van der Waals surface area contributed by atoms with Crippen molar-refractivity contribution in [3.8, 4) is 0 Å². The Morgan fingerprint density at radius 3 is 0.889 bits per heavy atom.